The third-order valence-electron chi connectivity index (χ3n) is 5.61. The quantitative estimate of drug-likeness (QED) is 0.721. The first-order valence-corrected chi connectivity index (χ1v) is 9.63. The van der Waals surface area contributed by atoms with Crippen molar-refractivity contribution >= 4 is 11.8 Å². The lowest BCUT2D eigenvalue weighted by Gasteiger charge is -2.35. The maximum Gasteiger partial charge on any atom is 0.238 e. The number of benzene rings is 1. The Labute approximate surface area is 154 Å². The summed E-state index contributed by atoms with van der Waals surface area (Å²) in [6.45, 7) is 0. The van der Waals surface area contributed by atoms with Crippen molar-refractivity contribution in [3.05, 3.63) is 35.4 Å². The number of hydrogen-bond acceptors (Lipinski definition) is 4. The summed E-state index contributed by atoms with van der Waals surface area (Å²) >= 11 is 0. The Morgan fingerprint density at radius 1 is 1.15 bits per heavy atom. The summed E-state index contributed by atoms with van der Waals surface area (Å²) in [5.41, 5.74) is 2.59. The maximum absolute atomic E-state index is 12.8. The molecule has 6 nitrogen and oxygen atoms in total. The molecule has 0 radical (unpaired) electrons. The largest absolute Gasteiger partial charge is 0.348 e. The number of hydrogen-bond donors (Lipinski definition) is 3. The molecule has 3 fully saturated rings. The van der Waals surface area contributed by atoms with Gasteiger partial charge in [0.1, 0.15) is 6.29 Å². The van der Waals surface area contributed by atoms with Crippen molar-refractivity contribution in [1.82, 2.24) is 20.9 Å². The van der Waals surface area contributed by atoms with Gasteiger partial charge in [-0.15, -0.1) is 0 Å². The topological polar surface area (TPSA) is 73.5 Å². The lowest BCUT2D eigenvalue weighted by Crippen LogP contribution is -2.65. The van der Waals surface area contributed by atoms with E-state index in [4.69, 9.17) is 0 Å². The van der Waals surface area contributed by atoms with Crippen LogP contribution in [0.4, 0.5) is 0 Å². The van der Waals surface area contributed by atoms with E-state index in [0.29, 0.717) is 5.92 Å². The minimum atomic E-state index is -0.497. The van der Waals surface area contributed by atoms with Gasteiger partial charge in [-0.1, -0.05) is 24.3 Å². The van der Waals surface area contributed by atoms with Gasteiger partial charge >= 0.3 is 0 Å². The zero-order chi connectivity index (χ0) is 18.3. The summed E-state index contributed by atoms with van der Waals surface area (Å²) in [5.74, 6) is 1.06. The van der Waals surface area contributed by atoms with Crippen molar-refractivity contribution in [1.29, 1.82) is 0 Å². The molecule has 6 heteroatoms. The van der Waals surface area contributed by atoms with E-state index in [9.17, 15) is 9.59 Å². The van der Waals surface area contributed by atoms with Gasteiger partial charge in [-0.3, -0.25) is 19.8 Å². The van der Waals surface area contributed by atoms with E-state index < -0.39 is 6.04 Å². The molecule has 0 aromatic heterocycles. The number of amides is 2. The van der Waals surface area contributed by atoms with E-state index in [1.54, 1.807) is 0 Å². The molecular weight excluding hydrogens is 328 g/mol. The first-order chi connectivity index (χ1) is 12.5. The molecule has 1 aromatic carbocycles. The van der Waals surface area contributed by atoms with Crippen molar-refractivity contribution in [2.45, 2.75) is 56.4 Å². The summed E-state index contributed by atoms with van der Waals surface area (Å²) in [6.07, 6.45) is 4.75. The molecule has 1 heterocycles. The van der Waals surface area contributed by atoms with Crippen molar-refractivity contribution in [3.63, 3.8) is 0 Å². The monoisotopic (exact) mass is 356 g/mol. The molecule has 1 aromatic rings. The average Bonchev–Trinajstić information content (AvgIpc) is 3.52. The van der Waals surface area contributed by atoms with E-state index in [2.05, 4.69) is 40.2 Å². The van der Waals surface area contributed by atoms with Gasteiger partial charge in [0.05, 0.1) is 18.5 Å². The Kier molecular flexibility index (Phi) is 4.71. The fourth-order valence-corrected chi connectivity index (χ4v) is 3.68. The normalized spacial score (nSPS) is 27.1. The predicted octanol–water partition coefficient (Wildman–Crippen LogP) is 1.45. The van der Waals surface area contributed by atoms with Gasteiger partial charge in [-0.2, -0.15) is 0 Å². The molecular formula is C20H28N4O2. The Hall–Kier alpha value is -1.92. The number of carbonyl (C=O) groups excluding carboxylic acids is 2. The van der Waals surface area contributed by atoms with Crippen molar-refractivity contribution < 1.29 is 9.59 Å². The minimum Gasteiger partial charge on any atom is -0.348 e. The fraction of sp³-hybridized carbons (Fsp3) is 0.600. The van der Waals surface area contributed by atoms with Crippen LogP contribution < -0.4 is 16.0 Å². The smallest absolute Gasteiger partial charge is 0.238 e. The van der Waals surface area contributed by atoms with Gasteiger partial charge in [-0.05, 0) is 62.7 Å². The summed E-state index contributed by atoms with van der Waals surface area (Å²) in [5, 5.41) is 9.26. The van der Waals surface area contributed by atoms with Crippen LogP contribution in [0.1, 0.15) is 55.2 Å². The second-order valence-electron chi connectivity index (χ2n) is 8.12. The highest BCUT2D eigenvalue weighted by Crippen LogP contribution is 2.43. The van der Waals surface area contributed by atoms with Crippen LogP contribution in [0.2, 0.25) is 0 Å². The van der Waals surface area contributed by atoms with Crippen LogP contribution in [0.5, 0.6) is 0 Å². The molecule has 1 aliphatic heterocycles. The second kappa shape index (κ2) is 7.00. The Morgan fingerprint density at radius 2 is 1.85 bits per heavy atom. The van der Waals surface area contributed by atoms with Crippen LogP contribution >= 0.6 is 0 Å². The molecule has 26 heavy (non-hydrogen) atoms. The number of nitrogens with one attached hydrogen (secondary N) is 3. The molecule has 3 atom stereocenters. The van der Waals surface area contributed by atoms with Crippen LogP contribution in [0.3, 0.4) is 0 Å². The number of rotatable bonds is 6. The van der Waals surface area contributed by atoms with Gasteiger partial charge in [0, 0.05) is 0 Å². The molecule has 0 bridgehead atoms. The Morgan fingerprint density at radius 3 is 2.42 bits per heavy atom. The molecule has 2 amide bonds. The summed E-state index contributed by atoms with van der Waals surface area (Å²) < 4.78 is 0. The minimum absolute atomic E-state index is 0.0420. The number of nitrogens with zero attached hydrogens (tertiary/aromatic N) is 1. The van der Waals surface area contributed by atoms with Gasteiger partial charge in [0.25, 0.3) is 0 Å². The third-order valence-corrected chi connectivity index (χ3v) is 5.61. The van der Waals surface area contributed by atoms with Crippen LogP contribution in [-0.2, 0) is 9.59 Å². The van der Waals surface area contributed by atoms with Gasteiger partial charge < -0.3 is 10.6 Å². The van der Waals surface area contributed by atoms with E-state index in [1.807, 2.05) is 19.0 Å². The zero-order valence-electron chi connectivity index (χ0n) is 15.5. The van der Waals surface area contributed by atoms with E-state index in [0.717, 1.165) is 18.8 Å². The summed E-state index contributed by atoms with van der Waals surface area (Å²) in [4.78, 5) is 26.6. The third kappa shape index (κ3) is 3.91. The van der Waals surface area contributed by atoms with Gasteiger partial charge in [-0.25, -0.2) is 0 Å². The average molecular weight is 356 g/mol. The molecule has 2 aliphatic carbocycles. The molecule has 1 saturated heterocycles. The van der Waals surface area contributed by atoms with Crippen LogP contribution in [-0.4, -0.2) is 43.1 Å². The zero-order valence-corrected chi connectivity index (χ0v) is 15.5. The van der Waals surface area contributed by atoms with E-state index >= 15 is 0 Å². The molecule has 2 unspecified atom stereocenters. The highest BCUT2D eigenvalue weighted by Gasteiger charge is 2.37. The lowest BCUT2D eigenvalue weighted by atomic mass is 9.98. The van der Waals surface area contributed by atoms with Crippen molar-refractivity contribution in [2.24, 2.45) is 5.92 Å². The van der Waals surface area contributed by atoms with Gasteiger partial charge in [0.15, 0.2) is 0 Å². The molecule has 3 N–H and O–H groups in total. The van der Waals surface area contributed by atoms with Crippen molar-refractivity contribution in [3.8, 4) is 0 Å². The van der Waals surface area contributed by atoms with Crippen molar-refractivity contribution in [2.75, 3.05) is 14.1 Å². The highest BCUT2D eigenvalue weighted by molar-refractivity contribution is 5.89. The van der Waals surface area contributed by atoms with Crippen LogP contribution in [0, 0.1) is 5.92 Å². The predicted molar refractivity (Wildman–Crippen MR) is 99.2 cm³/mol. The van der Waals surface area contributed by atoms with E-state index in [-0.39, 0.29) is 30.6 Å². The fourth-order valence-electron chi connectivity index (χ4n) is 3.68. The Balaban J connectivity index is 1.44. The van der Waals surface area contributed by atoms with E-state index in [1.165, 1.54) is 24.0 Å². The second-order valence-corrected chi connectivity index (χ2v) is 8.12. The molecule has 4 rings (SSSR count). The lowest BCUT2D eigenvalue weighted by molar-refractivity contribution is -0.134. The van der Waals surface area contributed by atoms with Gasteiger partial charge in [0.2, 0.25) is 11.8 Å². The maximum atomic E-state index is 12.8. The Bertz CT molecular complexity index is 680. The molecule has 140 valence electrons. The highest BCUT2D eigenvalue weighted by atomic mass is 16.2. The molecule has 2 saturated carbocycles. The summed E-state index contributed by atoms with van der Waals surface area (Å²) in [7, 11) is 3.74. The van der Waals surface area contributed by atoms with Crippen LogP contribution in [0.25, 0.3) is 0 Å². The first kappa shape index (κ1) is 17.5. The standard InChI is InChI=1S/C20H28N4O2/c1-24(2)20-21-16(11-17(25)22-20)19(26)23-18(15-9-10-15)14-7-5-13(6-8-14)12-3-4-12/h5-8,12,15-16,18,20-21H,3-4,9-11H2,1-2H3,(H,22,25)(H,23,26)/t16?,18-,20?/m0/s1. The molecule has 3 aliphatic rings. The van der Waals surface area contributed by atoms with Crippen LogP contribution in [0.15, 0.2) is 24.3 Å². The number of carbonyl (C=O) groups is 2. The summed E-state index contributed by atoms with van der Waals surface area (Å²) in [6, 6.07) is 8.30. The first-order valence-electron chi connectivity index (χ1n) is 9.63. The SMILES string of the molecule is CN(C)C1NC(=O)CC(C(=O)N[C@@H](c2ccc(C3CC3)cc2)C2CC2)N1. The molecule has 0 spiro atoms.